The van der Waals surface area contributed by atoms with Crippen LogP contribution in [0.2, 0.25) is 0 Å². The molecule has 0 aliphatic carbocycles. The third kappa shape index (κ3) is 1.73. The van der Waals surface area contributed by atoms with Crippen molar-refractivity contribution in [3.05, 3.63) is 78.1 Å². The maximum atomic E-state index is 6.08. The first kappa shape index (κ1) is 11.4. The van der Waals surface area contributed by atoms with E-state index in [0.717, 1.165) is 17.1 Å². The number of imidazole rings is 1. The lowest BCUT2D eigenvalue weighted by atomic mass is 10.1. The first-order chi connectivity index (χ1) is 9.93. The molecule has 0 amide bonds. The first-order valence-electron chi connectivity index (χ1n) is 6.56. The van der Waals surface area contributed by atoms with E-state index in [1.54, 1.807) is 6.20 Å². The van der Waals surface area contributed by atoms with Gasteiger partial charge in [-0.3, -0.25) is 9.55 Å². The molecule has 2 aromatic heterocycles. The summed E-state index contributed by atoms with van der Waals surface area (Å²) in [6, 6.07) is 14.1. The van der Waals surface area contributed by atoms with Crippen molar-refractivity contribution in [3.63, 3.8) is 0 Å². The van der Waals surface area contributed by atoms with Gasteiger partial charge < -0.3 is 4.74 Å². The molecule has 20 heavy (non-hydrogen) atoms. The number of nitrogens with zero attached hydrogens (tertiary/aromatic N) is 3. The highest BCUT2D eigenvalue weighted by Gasteiger charge is 2.29. The standard InChI is InChI=1S/C16H13N3O/c1-2-7-14-13(6-1)16(15-9-17-11-19(14)15)20-10-12-5-3-4-8-18-12/h1-9,11,16H,10H2. The second-order valence-corrected chi connectivity index (χ2v) is 4.76. The summed E-state index contributed by atoms with van der Waals surface area (Å²) in [5.74, 6) is 0. The van der Waals surface area contributed by atoms with E-state index in [-0.39, 0.29) is 6.10 Å². The Morgan fingerprint density at radius 2 is 2.00 bits per heavy atom. The van der Waals surface area contributed by atoms with Crippen LogP contribution in [-0.2, 0) is 11.3 Å². The summed E-state index contributed by atoms with van der Waals surface area (Å²) in [6.07, 6.45) is 5.41. The Balaban J connectivity index is 1.66. The Morgan fingerprint density at radius 1 is 1.10 bits per heavy atom. The van der Waals surface area contributed by atoms with Crippen LogP contribution in [-0.4, -0.2) is 14.5 Å². The molecule has 0 fully saturated rings. The van der Waals surface area contributed by atoms with Crippen LogP contribution in [0.15, 0.2) is 61.2 Å². The zero-order valence-corrected chi connectivity index (χ0v) is 10.8. The number of hydrogen-bond acceptors (Lipinski definition) is 3. The zero-order chi connectivity index (χ0) is 13.4. The Labute approximate surface area is 116 Å². The second kappa shape index (κ2) is 4.58. The van der Waals surface area contributed by atoms with E-state index in [9.17, 15) is 0 Å². The molecule has 0 saturated carbocycles. The highest BCUT2D eigenvalue weighted by Crippen LogP contribution is 2.38. The summed E-state index contributed by atoms with van der Waals surface area (Å²) in [6.45, 7) is 0.491. The van der Waals surface area contributed by atoms with Crippen LogP contribution in [0.5, 0.6) is 0 Å². The van der Waals surface area contributed by atoms with E-state index in [1.807, 2.05) is 42.9 Å². The number of fused-ring (bicyclic) bond motifs is 3. The SMILES string of the molecule is c1ccc(COC2c3ccccc3-n3cncc32)nc1. The van der Waals surface area contributed by atoms with Crippen LogP contribution in [0.3, 0.4) is 0 Å². The third-order valence-corrected chi connectivity index (χ3v) is 3.54. The van der Waals surface area contributed by atoms with Gasteiger partial charge >= 0.3 is 0 Å². The molecule has 1 aliphatic rings. The van der Waals surface area contributed by atoms with Crippen LogP contribution in [0.4, 0.5) is 0 Å². The Hall–Kier alpha value is -2.46. The lowest BCUT2D eigenvalue weighted by Crippen LogP contribution is -2.04. The predicted octanol–water partition coefficient (Wildman–Crippen LogP) is 2.89. The van der Waals surface area contributed by atoms with Gasteiger partial charge in [0.1, 0.15) is 6.10 Å². The minimum atomic E-state index is -0.0734. The normalized spacial score (nSPS) is 15.9. The monoisotopic (exact) mass is 263 g/mol. The maximum Gasteiger partial charge on any atom is 0.127 e. The van der Waals surface area contributed by atoms with Crippen molar-refractivity contribution in [2.75, 3.05) is 0 Å². The molecule has 0 N–H and O–H groups in total. The van der Waals surface area contributed by atoms with E-state index in [1.165, 1.54) is 5.56 Å². The summed E-state index contributed by atoms with van der Waals surface area (Å²) in [5, 5.41) is 0. The van der Waals surface area contributed by atoms with Gasteiger partial charge in [0.25, 0.3) is 0 Å². The van der Waals surface area contributed by atoms with Crippen molar-refractivity contribution in [3.8, 4) is 5.69 Å². The average molecular weight is 263 g/mol. The van der Waals surface area contributed by atoms with E-state index >= 15 is 0 Å². The van der Waals surface area contributed by atoms with Crippen LogP contribution in [0.25, 0.3) is 5.69 Å². The second-order valence-electron chi connectivity index (χ2n) is 4.76. The van der Waals surface area contributed by atoms with Gasteiger partial charge in [0, 0.05) is 11.8 Å². The van der Waals surface area contributed by atoms with Crippen LogP contribution >= 0.6 is 0 Å². The fraction of sp³-hybridized carbons (Fsp3) is 0.125. The molecule has 1 atom stereocenters. The van der Waals surface area contributed by atoms with E-state index in [4.69, 9.17) is 4.74 Å². The number of benzene rings is 1. The minimum absolute atomic E-state index is 0.0734. The molecular weight excluding hydrogens is 250 g/mol. The first-order valence-corrected chi connectivity index (χ1v) is 6.56. The van der Waals surface area contributed by atoms with E-state index < -0.39 is 0 Å². The molecule has 4 heteroatoms. The van der Waals surface area contributed by atoms with Crippen molar-refractivity contribution in [2.24, 2.45) is 0 Å². The fourth-order valence-electron chi connectivity index (χ4n) is 2.62. The minimum Gasteiger partial charge on any atom is -0.361 e. The highest BCUT2D eigenvalue weighted by atomic mass is 16.5. The van der Waals surface area contributed by atoms with Crippen molar-refractivity contribution >= 4 is 0 Å². The van der Waals surface area contributed by atoms with Gasteiger partial charge in [0.15, 0.2) is 0 Å². The summed E-state index contributed by atoms with van der Waals surface area (Å²) >= 11 is 0. The van der Waals surface area contributed by atoms with Crippen molar-refractivity contribution < 1.29 is 4.74 Å². The molecule has 1 unspecified atom stereocenters. The molecule has 98 valence electrons. The van der Waals surface area contributed by atoms with Crippen LogP contribution in [0.1, 0.15) is 23.1 Å². The van der Waals surface area contributed by atoms with Gasteiger partial charge in [-0.1, -0.05) is 24.3 Å². The van der Waals surface area contributed by atoms with Crippen LogP contribution < -0.4 is 0 Å². The van der Waals surface area contributed by atoms with Gasteiger partial charge in [-0.15, -0.1) is 0 Å². The molecule has 4 rings (SSSR count). The van der Waals surface area contributed by atoms with Gasteiger partial charge in [0.05, 0.1) is 36.2 Å². The van der Waals surface area contributed by atoms with Gasteiger partial charge in [-0.25, -0.2) is 4.98 Å². The number of aromatic nitrogens is 3. The lowest BCUT2D eigenvalue weighted by Gasteiger charge is -2.12. The number of pyridine rings is 1. The summed E-state index contributed by atoms with van der Waals surface area (Å²) in [7, 11) is 0. The molecule has 0 saturated heterocycles. The Bertz CT molecular complexity index is 736. The molecule has 3 aromatic rings. The molecule has 1 aliphatic heterocycles. The van der Waals surface area contributed by atoms with E-state index in [2.05, 4.69) is 26.7 Å². The zero-order valence-electron chi connectivity index (χ0n) is 10.8. The van der Waals surface area contributed by atoms with Crippen molar-refractivity contribution in [2.45, 2.75) is 12.7 Å². The summed E-state index contributed by atoms with van der Waals surface area (Å²) < 4.78 is 8.16. The largest absolute Gasteiger partial charge is 0.361 e. The predicted molar refractivity (Wildman–Crippen MR) is 74.4 cm³/mol. The summed E-state index contributed by atoms with van der Waals surface area (Å²) in [4.78, 5) is 8.51. The molecular formula is C16H13N3O. The van der Waals surface area contributed by atoms with Gasteiger partial charge in [0.2, 0.25) is 0 Å². The number of para-hydroxylation sites is 1. The van der Waals surface area contributed by atoms with Gasteiger partial charge in [-0.2, -0.15) is 0 Å². The molecule has 0 bridgehead atoms. The number of rotatable bonds is 3. The van der Waals surface area contributed by atoms with Crippen molar-refractivity contribution in [1.82, 2.24) is 14.5 Å². The highest BCUT2D eigenvalue weighted by molar-refractivity contribution is 5.51. The van der Waals surface area contributed by atoms with Crippen LogP contribution in [0, 0.1) is 0 Å². The third-order valence-electron chi connectivity index (χ3n) is 3.54. The Morgan fingerprint density at radius 3 is 2.90 bits per heavy atom. The molecule has 0 spiro atoms. The topological polar surface area (TPSA) is 39.9 Å². The number of hydrogen-bond donors (Lipinski definition) is 0. The molecule has 0 radical (unpaired) electrons. The molecule has 4 nitrogen and oxygen atoms in total. The van der Waals surface area contributed by atoms with Crippen molar-refractivity contribution in [1.29, 1.82) is 0 Å². The fourth-order valence-corrected chi connectivity index (χ4v) is 2.62. The van der Waals surface area contributed by atoms with Gasteiger partial charge in [-0.05, 0) is 18.2 Å². The molecule has 3 heterocycles. The molecule has 1 aromatic carbocycles. The Kier molecular flexibility index (Phi) is 2.60. The quantitative estimate of drug-likeness (QED) is 0.729. The smallest absolute Gasteiger partial charge is 0.127 e. The lowest BCUT2D eigenvalue weighted by molar-refractivity contribution is 0.0654. The number of ether oxygens (including phenoxy) is 1. The van der Waals surface area contributed by atoms with E-state index in [0.29, 0.717) is 6.61 Å². The summed E-state index contributed by atoms with van der Waals surface area (Å²) in [5.41, 5.74) is 4.33. The average Bonchev–Trinajstić information content (AvgIpc) is 3.07. The maximum absolute atomic E-state index is 6.08.